The van der Waals surface area contributed by atoms with E-state index in [1.165, 1.54) is 11.1 Å². The van der Waals surface area contributed by atoms with Crippen LogP contribution in [0.4, 0.5) is 11.6 Å². The molecule has 5 heteroatoms. The zero-order valence-electron chi connectivity index (χ0n) is 14.0. The minimum absolute atomic E-state index is 0.705. The lowest BCUT2D eigenvalue weighted by Crippen LogP contribution is -2.07. The van der Waals surface area contributed by atoms with E-state index in [4.69, 9.17) is 0 Å². The molecule has 0 atom stereocenters. The van der Waals surface area contributed by atoms with Gasteiger partial charge in [0.05, 0.1) is 0 Å². The number of aryl methyl sites for hydroxylation is 2. The maximum absolute atomic E-state index is 4.46. The third kappa shape index (κ3) is 4.29. The average Bonchev–Trinajstić information content (AvgIpc) is 2.60. The summed E-state index contributed by atoms with van der Waals surface area (Å²) in [5.41, 5.74) is 3.70. The van der Waals surface area contributed by atoms with Gasteiger partial charge in [-0.2, -0.15) is 0 Å². The van der Waals surface area contributed by atoms with Crippen molar-refractivity contribution in [1.29, 1.82) is 0 Å². The second-order valence-corrected chi connectivity index (χ2v) is 5.67. The van der Waals surface area contributed by atoms with Crippen molar-refractivity contribution < 1.29 is 0 Å². The smallest absolute Gasteiger partial charge is 0.132 e. The average molecular weight is 319 g/mol. The monoisotopic (exact) mass is 319 g/mol. The van der Waals surface area contributed by atoms with Crippen molar-refractivity contribution in [3.63, 3.8) is 0 Å². The van der Waals surface area contributed by atoms with Crippen molar-refractivity contribution in [3.8, 4) is 0 Å². The van der Waals surface area contributed by atoms with Gasteiger partial charge in [-0.05, 0) is 42.7 Å². The molecule has 0 unspecified atom stereocenters. The van der Waals surface area contributed by atoms with E-state index in [1.807, 2.05) is 25.1 Å². The van der Waals surface area contributed by atoms with Gasteiger partial charge in [0.25, 0.3) is 0 Å². The van der Waals surface area contributed by atoms with Crippen LogP contribution in [0.2, 0.25) is 0 Å². The van der Waals surface area contributed by atoms with Gasteiger partial charge < -0.3 is 10.6 Å². The highest BCUT2D eigenvalue weighted by Gasteiger charge is 2.03. The highest BCUT2D eigenvalue weighted by molar-refractivity contribution is 5.48. The maximum atomic E-state index is 4.46. The normalized spacial score (nSPS) is 10.4. The highest BCUT2D eigenvalue weighted by Crippen LogP contribution is 2.15. The molecule has 0 aliphatic carbocycles. The van der Waals surface area contributed by atoms with E-state index >= 15 is 0 Å². The highest BCUT2D eigenvalue weighted by atomic mass is 15.1. The molecule has 3 aromatic rings. The van der Waals surface area contributed by atoms with Crippen LogP contribution >= 0.6 is 0 Å². The second-order valence-electron chi connectivity index (χ2n) is 5.67. The number of benzene rings is 1. The summed E-state index contributed by atoms with van der Waals surface area (Å²) in [6.07, 6.45) is 3.58. The Bertz CT molecular complexity index is 802. The predicted octanol–water partition coefficient (Wildman–Crippen LogP) is 3.71. The molecule has 1 aromatic carbocycles. The number of rotatable bonds is 6. The summed E-state index contributed by atoms with van der Waals surface area (Å²) in [6.45, 7) is 5.46. The largest absolute Gasteiger partial charge is 0.366 e. The molecule has 122 valence electrons. The molecule has 0 amide bonds. The molecule has 0 aliphatic rings. The van der Waals surface area contributed by atoms with Crippen LogP contribution in [-0.4, -0.2) is 15.0 Å². The third-order valence-corrected chi connectivity index (χ3v) is 3.78. The zero-order chi connectivity index (χ0) is 16.8. The summed E-state index contributed by atoms with van der Waals surface area (Å²) >= 11 is 0. The van der Waals surface area contributed by atoms with E-state index in [2.05, 4.69) is 56.8 Å². The number of hydrogen-bond donors (Lipinski definition) is 2. The molecule has 0 fully saturated rings. The predicted molar refractivity (Wildman–Crippen MR) is 96.8 cm³/mol. The number of hydrogen-bond acceptors (Lipinski definition) is 5. The molecule has 0 radical (unpaired) electrons. The van der Waals surface area contributed by atoms with Crippen LogP contribution in [0.1, 0.15) is 22.5 Å². The van der Waals surface area contributed by atoms with Crippen LogP contribution in [-0.2, 0) is 13.1 Å². The first-order chi connectivity index (χ1) is 11.7. The number of anilines is 2. The minimum atomic E-state index is 0.705. The van der Waals surface area contributed by atoms with Gasteiger partial charge in [0.1, 0.15) is 17.5 Å². The first kappa shape index (κ1) is 15.9. The summed E-state index contributed by atoms with van der Waals surface area (Å²) < 4.78 is 0. The van der Waals surface area contributed by atoms with E-state index < -0.39 is 0 Å². The zero-order valence-corrected chi connectivity index (χ0v) is 14.0. The molecular weight excluding hydrogens is 298 g/mol. The van der Waals surface area contributed by atoms with Gasteiger partial charge in [0, 0.05) is 31.5 Å². The van der Waals surface area contributed by atoms with Gasteiger partial charge in [-0.15, -0.1) is 0 Å². The molecule has 0 bridgehead atoms. The van der Waals surface area contributed by atoms with Gasteiger partial charge in [-0.3, -0.25) is 4.98 Å². The first-order valence-electron chi connectivity index (χ1n) is 7.97. The SMILES string of the molecule is Cc1nc(NCc2ccncc2)cc(NCc2ccccc2C)n1. The molecule has 5 nitrogen and oxygen atoms in total. The van der Waals surface area contributed by atoms with Crippen molar-refractivity contribution in [2.45, 2.75) is 26.9 Å². The Labute approximate surface area is 142 Å². The van der Waals surface area contributed by atoms with Crippen LogP contribution < -0.4 is 10.6 Å². The molecule has 2 heterocycles. The summed E-state index contributed by atoms with van der Waals surface area (Å²) in [7, 11) is 0. The Morgan fingerprint density at radius 2 is 1.50 bits per heavy atom. The Morgan fingerprint density at radius 1 is 0.833 bits per heavy atom. The van der Waals surface area contributed by atoms with Crippen molar-refractivity contribution >= 4 is 11.6 Å². The number of aromatic nitrogens is 3. The summed E-state index contributed by atoms with van der Waals surface area (Å²) in [5, 5.41) is 6.71. The molecule has 0 spiro atoms. The molecular formula is C19H21N5. The van der Waals surface area contributed by atoms with Crippen molar-refractivity contribution in [3.05, 3.63) is 77.4 Å². The molecule has 0 aliphatic heterocycles. The molecule has 0 saturated heterocycles. The van der Waals surface area contributed by atoms with Gasteiger partial charge in [0.2, 0.25) is 0 Å². The van der Waals surface area contributed by atoms with Crippen molar-refractivity contribution in [1.82, 2.24) is 15.0 Å². The van der Waals surface area contributed by atoms with Crippen LogP contribution in [0.3, 0.4) is 0 Å². The lowest BCUT2D eigenvalue weighted by molar-refractivity contribution is 0.999. The van der Waals surface area contributed by atoms with Crippen LogP contribution in [0.5, 0.6) is 0 Å². The third-order valence-electron chi connectivity index (χ3n) is 3.78. The Balaban J connectivity index is 1.66. The summed E-state index contributed by atoms with van der Waals surface area (Å²) in [5.74, 6) is 2.37. The first-order valence-corrected chi connectivity index (χ1v) is 7.97. The Kier molecular flexibility index (Phi) is 5.01. The molecule has 2 aromatic heterocycles. The quantitative estimate of drug-likeness (QED) is 0.725. The number of nitrogens with zero attached hydrogens (tertiary/aromatic N) is 3. The molecule has 3 rings (SSSR count). The Morgan fingerprint density at radius 3 is 2.21 bits per heavy atom. The van der Waals surface area contributed by atoms with E-state index in [0.717, 1.165) is 29.6 Å². The van der Waals surface area contributed by atoms with Crippen molar-refractivity contribution in [2.24, 2.45) is 0 Å². The van der Waals surface area contributed by atoms with Crippen LogP contribution in [0.25, 0.3) is 0 Å². The van der Waals surface area contributed by atoms with Gasteiger partial charge >= 0.3 is 0 Å². The Hall–Kier alpha value is -2.95. The van der Waals surface area contributed by atoms with Gasteiger partial charge in [-0.1, -0.05) is 24.3 Å². The standard InChI is InChI=1S/C19H21N5/c1-14-5-3-4-6-17(14)13-22-19-11-18(23-15(2)24-19)21-12-16-7-9-20-10-8-16/h3-11H,12-13H2,1-2H3,(H2,21,22,23,24). The van der Waals surface area contributed by atoms with E-state index in [0.29, 0.717) is 6.54 Å². The van der Waals surface area contributed by atoms with E-state index in [-0.39, 0.29) is 0 Å². The van der Waals surface area contributed by atoms with Gasteiger partial charge in [0.15, 0.2) is 0 Å². The topological polar surface area (TPSA) is 62.7 Å². The molecule has 24 heavy (non-hydrogen) atoms. The lowest BCUT2D eigenvalue weighted by Gasteiger charge is -2.11. The minimum Gasteiger partial charge on any atom is -0.366 e. The van der Waals surface area contributed by atoms with Crippen LogP contribution in [0.15, 0.2) is 54.9 Å². The lowest BCUT2D eigenvalue weighted by atomic mass is 10.1. The van der Waals surface area contributed by atoms with Crippen molar-refractivity contribution in [2.75, 3.05) is 10.6 Å². The van der Waals surface area contributed by atoms with E-state index in [9.17, 15) is 0 Å². The van der Waals surface area contributed by atoms with Crippen LogP contribution in [0, 0.1) is 13.8 Å². The second kappa shape index (κ2) is 7.55. The number of pyridine rings is 1. The summed E-state index contributed by atoms with van der Waals surface area (Å²) in [4.78, 5) is 12.9. The van der Waals surface area contributed by atoms with E-state index in [1.54, 1.807) is 12.4 Å². The molecule has 2 N–H and O–H groups in total. The molecule has 0 saturated carbocycles. The fraction of sp³-hybridized carbons (Fsp3) is 0.211. The maximum Gasteiger partial charge on any atom is 0.132 e. The summed E-state index contributed by atoms with van der Waals surface area (Å²) in [6, 6.07) is 14.2. The fourth-order valence-corrected chi connectivity index (χ4v) is 2.44. The number of nitrogens with one attached hydrogen (secondary N) is 2. The fourth-order valence-electron chi connectivity index (χ4n) is 2.44. The van der Waals surface area contributed by atoms with Gasteiger partial charge in [-0.25, -0.2) is 9.97 Å².